The van der Waals surface area contributed by atoms with E-state index in [4.69, 9.17) is 4.74 Å². The van der Waals surface area contributed by atoms with Gasteiger partial charge in [0.15, 0.2) is 0 Å². The number of ether oxygens (including phenoxy) is 1. The SMILES string of the molecule is COc1cccc2c3c(cc(O)c12)C(C)(C)c1cc(-c2ccccc2)ccc1-3. The van der Waals surface area contributed by atoms with Gasteiger partial charge in [0.1, 0.15) is 11.5 Å². The Morgan fingerprint density at radius 3 is 2.32 bits per heavy atom. The zero-order valence-corrected chi connectivity index (χ0v) is 16.3. The minimum atomic E-state index is -0.190. The van der Waals surface area contributed by atoms with E-state index in [2.05, 4.69) is 62.4 Å². The number of phenolic OH excluding ortho intramolecular Hbond substituents is 1. The molecule has 4 aromatic carbocycles. The van der Waals surface area contributed by atoms with Crippen LogP contribution >= 0.6 is 0 Å². The number of aromatic hydroxyl groups is 1. The molecule has 0 aromatic heterocycles. The lowest BCUT2D eigenvalue weighted by Gasteiger charge is -2.22. The number of hydrogen-bond acceptors (Lipinski definition) is 2. The van der Waals surface area contributed by atoms with E-state index in [-0.39, 0.29) is 11.2 Å². The van der Waals surface area contributed by atoms with Crippen molar-refractivity contribution in [2.45, 2.75) is 19.3 Å². The normalized spacial score (nSPS) is 14.0. The average molecular weight is 366 g/mol. The third-order valence-electron chi connectivity index (χ3n) is 6.06. The average Bonchev–Trinajstić information content (AvgIpc) is 2.95. The van der Waals surface area contributed by atoms with E-state index < -0.39 is 0 Å². The van der Waals surface area contributed by atoms with Crippen LogP contribution in [-0.2, 0) is 5.41 Å². The Balaban J connectivity index is 1.83. The first-order valence-corrected chi connectivity index (χ1v) is 9.56. The van der Waals surface area contributed by atoms with Gasteiger partial charge in [0.05, 0.1) is 12.5 Å². The lowest BCUT2D eigenvalue weighted by atomic mass is 9.81. The van der Waals surface area contributed by atoms with E-state index in [9.17, 15) is 5.11 Å². The summed E-state index contributed by atoms with van der Waals surface area (Å²) in [4.78, 5) is 0. The van der Waals surface area contributed by atoms with Crippen molar-refractivity contribution < 1.29 is 9.84 Å². The Bertz CT molecular complexity index is 1220. The minimum absolute atomic E-state index is 0.190. The molecule has 0 saturated heterocycles. The van der Waals surface area contributed by atoms with Gasteiger partial charge in [-0.1, -0.05) is 68.4 Å². The van der Waals surface area contributed by atoms with Crippen molar-refractivity contribution in [3.05, 3.63) is 83.9 Å². The molecule has 0 aliphatic heterocycles. The number of hydrogen-bond donors (Lipinski definition) is 1. The third kappa shape index (κ3) is 2.21. The van der Waals surface area contributed by atoms with Gasteiger partial charge in [-0.3, -0.25) is 0 Å². The molecule has 2 nitrogen and oxygen atoms in total. The predicted molar refractivity (Wildman–Crippen MR) is 115 cm³/mol. The molecule has 1 aliphatic rings. The molecule has 1 N–H and O–H groups in total. The summed E-state index contributed by atoms with van der Waals surface area (Å²) in [5, 5.41) is 12.6. The van der Waals surface area contributed by atoms with E-state index in [0.29, 0.717) is 5.75 Å². The van der Waals surface area contributed by atoms with E-state index in [0.717, 1.165) is 16.3 Å². The summed E-state index contributed by atoms with van der Waals surface area (Å²) in [6, 6.07) is 25.1. The molecule has 5 rings (SSSR count). The maximum atomic E-state index is 10.8. The Morgan fingerprint density at radius 1 is 0.786 bits per heavy atom. The molecule has 0 radical (unpaired) electrons. The highest BCUT2D eigenvalue weighted by Gasteiger charge is 2.37. The minimum Gasteiger partial charge on any atom is -0.507 e. The van der Waals surface area contributed by atoms with Crippen LogP contribution in [0.5, 0.6) is 11.5 Å². The van der Waals surface area contributed by atoms with Crippen LogP contribution in [0.2, 0.25) is 0 Å². The van der Waals surface area contributed by atoms with Crippen molar-refractivity contribution in [1.29, 1.82) is 0 Å². The highest BCUT2D eigenvalue weighted by atomic mass is 16.5. The van der Waals surface area contributed by atoms with Gasteiger partial charge in [0.2, 0.25) is 0 Å². The van der Waals surface area contributed by atoms with Gasteiger partial charge >= 0.3 is 0 Å². The monoisotopic (exact) mass is 366 g/mol. The molecule has 0 saturated carbocycles. The van der Waals surface area contributed by atoms with Crippen LogP contribution in [0.4, 0.5) is 0 Å². The zero-order chi connectivity index (χ0) is 19.5. The molecule has 4 aromatic rings. The fourth-order valence-electron chi connectivity index (χ4n) is 4.62. The van der Waals surface area contributed by atoms with E-state index >= 15 is 0 Å². The summed E-state index contributed by atoms with van der Waals surface area (Å²) in [6.07, 6.45) is 0. The first kappa shape index (κ1) is 16.9. The molecule has 0 heterocycles. The van der Waals surface area contributed by atoms with Crippen LogP contribution in [0.1, 0.15) is 25.0 Å². The van der Waals surface area contributed by atoms with Gasteiger partial charge in [-0.2, -0.15) is 0 Å². The van der Waals surface area contributed by atoms with Crippen LogP contribution in [0.25, 0.3) is 33.0 Å². The Morgan fingerprint density at radius 2 is 1.57 bits per heavy atom. The van der Waals surface area contributed by atoms with E-state index in [1.165, 1.54) is 27.8 Å². The van der Waals surface area contributed by atoms with Gasteiger partial charge in [-0.15, -0.1) is 0 Å². The van der Waals surface area contributed by atoms with Crippen LogP contribution in [-0.4, -0.2) is 12.2 Å². The van der Waals surface area contributed by atoms with Gasteiger partial charge in [0.25, 0.3) is 0 Å². The summed E-state index contributed by atoms with van der Waals surface area (Å²) in [7, 11) is 1.64. The topological polar surface area (TPSA) is 29.5 Å². The predicted octanol–water partition coefficient (Wildman–Crippen LogP) is 6.53. The summed E-state index contributed by atoms with van der Waals surface area (Å²) >= 11 is 0. The molecule has 1 aliphatic carbocycles. The van der Waals surface area contributed by atoms with Crippen molar-refractivity contribution in [2.24, 2.45) is 0 Å². The highest BCUT2D eigenvalue weighted by molar-refractivity contribution is 6.07. The maximum Gasteiger partial charge on any atom is 0.130 e. The lowest BCUT2D eigenvalue weighted by molar-refractivity contribution is 0.416. The van der Waals surface area contributed by atoms with Crippen LogP contribution in [0.15, 0.2) is 72.8 Å². The quantitative estimate of drug-likeness (QED) is 0.437. The number of phenols is 1. The van der Waals surface area contributed by atoms with Gasteiger partial charge in [0, 0.05) is 5.41 Å². The zero-order valence-electron chi connectivity index (χ0n) is 16.3. The second-order valence-corrected chi connectivity index (χ2v) is 7.95. The van der Waals surface area contributed by atoms with Gasteiger partial charge in [-0.05, 0) is 57.0 Å². The standard InChI is InChI=1S/C26H22O2/c1-26(2)20-14-17(16-8-5-4-6-9-16)12-13-18(20)24-19-10-7-11-23(28-3)25(19)22(27)15-21(24)26/h4-15,27H,1-3H3. The molecule has 138 valence electrons. The third-order valence-corrected chi connectivity index (χ3v) is 6.06. The molecule has 0 bridgehead atoms. The second-order valence-electron chi connectivity index (χ2n) is 7.95. The molecule has 0 atom stereocenters. The molecule has 28 heavy (non-hydrogen) atoms. The van der Waals surface area contributed by atoms with Gasteiger partial charge in [-0.25, -0.2) is 0 Å². The Kier molecular flexibility index (Phi) is 3.54. The summed E-state index contributed by atoms with van der Waals surface area (Å²) in [5.41, 5.74) is 7.12. The summed E-state index contributed by atoms with van der Waals surface area (Å²) in [5.74, 6) is 0.973. The first-order chi connectivity index (χ1) is 13.5. The number of fused-ring (bicyclic) bond motifs is 5. The fraction of sp³-hybridized carbons (Fsp3) is 0.154. The van der Waals surface area contributed by atoms with Crippen LogP contribution in [0, 0.1) is 0 Å². The first-order valence-electron chi connectivity index (χ1n) is 9.56. The maximum absolute atomic E-state index is 10.8. The molecule has 0 unspecified atom stereocenters. The van der Waals surface area contributed by atoms with Crippen molar-refractivity contribution in [2.75, 3.05) is 7.11 Å². The summed E-state index contributed by atoms with van der Waals surface area (Å²) in [6.45, 7) is 4.47. The second kappa shape index (κ2) is 5.87. The smallest absolute Gasteiger partial charge is 0.130 e. The van der Waals surface area contributed by atoms with Crippen LogP contribution < -0.4 is 4.74 Å². The fourth-order valence-corrected chi connectivity index (χ4v) is 4.62. The van der Waals surface area contributed by atoms with Gasteiger partial charge < -0.3 is 9.84 Å². The van der Waals surface area contributed by atoms with Crippen molar-refractivity contribution in [3.63, 3.8) is 0 Å². The number of methoxy groups -OCH3 is 1. The molecule has 0 spiro atoms. The molecule has 2 heteroatoms. The van der Waals surface area contributed by atoms with Crippen molar-refractivity contribution in [3.8, 4) is 33.8 Å². The lowest BCUT2D eigenvalue weighted by Crippen LogP contribution is -2.15. The Hall–Kier alpha value is -3.26. The largest absolute Gasteiger partial charge is 0.507 e. The Labute approximate surface area is 165 Å². The molecule has 0 fully saturated rings. The molecular weight excluding hydrogens is 344 g/mol. The number of benzene rings is 4. The summed E-state index contributed by atoms with van der Waals surface area (Å²) < 4.78 is 5.52. The molecular formula is C26H22O2. The van der Waals surface area contributed by atoms with E-state index in [1.807, 2.05) is 24.3 Å². The number of rotatable bonds is 2. The molecule has 0 amide bonds. The highest BCUT2D eigenvalue weighted by Crippen LogP contribution is 2.54. The van der Waals surface area contributed by atoms with Crippen molar-refractivity contribution in [1.82, 2.24) is 0 Å². The van der Waals surface area contributed by atoms with E-state index in [1.54, 1.807) is 7.11 Å². The van der Waals surface area contributed by atoms with Crippen molar-refractivity contribution >= 4 is 10.8 Å². The van der Waals surface area contributed by atoms with Crippen LogP contribution in [0.3, 0.4) is 0 Å².